The van der Waals surface area contributed by atoms with Gasteiger partial charge in [-0.25, -0.2) is 0 Å². The highest BCUT2D eigenvalue weighted by Crippen LogP contribution is 2.31. The van der Waals surface area contributed by atoms with Gasteiger partial charge in [-0.15, -0.1) is 10.2 Å². The molecule has 2 aromatic rings. The third-order valence-corrected chi connectivity index (χ3v) is 4.54. The molecule has 8 heteroatoms. The van der Waals surface area contributed by atoms with E-state index in [2.05, 4.69) is 25.1 Å². The Morgan fingerprint density at radius 3 is 2.72 bits per heavy atom. The third kappa shape index (κ3) is 3.57. The van der Waals surface area contributed by atoms with Gasteiger partial charge in [0.1, 0.15) is 11.9 Å². The second kappa shape index (κ2) is 7.50. The number of hydrogen-bond acceptors (Lipinski definition) is 6. The van der Waals surface area contributed by atoms with Crippen molar-refractivity contribution in [3.8, 4) is 11.8 Å². The van der Waals surface area contributed by atoms with Crippen molar-refractivity contribution in [2.75, 3.05) is 14.2 Å². The second-order valence-corrected chi connectivity index (χ2v) is 6.14. The molecule has 0 bridgehead atoms. The first-order valence-electron chi connectivity index (χ1n) is 8.43. The van der Waals surface area contributed by atoms with Gasteiger partial charge in [-0.2, -0.15) is 4.98 Å². The molecule has 2 heterocycles. The van der Waals surface area contributed by atoms with Crippen molar-refractivity contribution in [1.82, 2.24) is 25.1 Å². The summed E-state index contributed by atoms with van der Waals surface area (Å²) >= 11 is 0. The summed E-state index contributed by atoms with van der Waals surface area (Å²) in [6.07, 6.45) is 6.45. The molecule has 134 valence electrons. The molecule has 0 unspecified atom stereocenters. The van der Waals surface area contributed by atoms with Gasteiger partial charge < -0.3 is 19.4 Å². The first kappa shape index (κ1) is 17.2. The number of amides is 1. The summed E-state index contributed by atoms with van der Waals surface area (Å²) in [5.41, 5.74) is 0.349. The van der Waals surface area contributed by atoms with Crippen molar-refractivity contribution in [2.45, 2.75) is 44.7 Å². The largest absolute Gasteiger partial charge is 0.481 e. The van der Waals surface area contributed by atoms with Gasteiger partial charge in [0.05, 0.1) is 20.3 Å². The fourth-order valence-corrected chi connectivity index (χ4v) is 3.23. The Balaban J connectivity index is 1.76. The summed E-state index contributed by atoms with van der Waals surface area (Å²) in [7, 11) is 2.98. The number of pyridine rings is 1. The Labute approximate surface area is 146 Å². The summed E-state index contributed by atoms with van der Waals surface area (Å²) in [5.74, 6) is 1.10. The van der Waals surface area contributed by atoms with Crippen LogP contribution in [0.1, 0.15) is 60.9 Å². The molecular formula is C17H23N5O3. The highest BCUT2D eigenvalue weighted by atomic mass is 16.5. The zero-order valence-corrected chi connectivity index (χ0v) is 14.7. The number of hydrogen-bond donors (Lipinski definition) is 1. The van der Waals surface area contributed by atoms with E-state index in [-0.39, 0.29) is 17.8 Å². The van der Waals surface area contributed by atoms with Gasteiger partial charge in [-0.1, -0.05) is 12.8 Å². The summed E-state index contributed by atoms with van der Waals surface area (Å²) in [5, 5.41) is 11.2. The van der Waals surface area contributed by atoms with E-state index >= 15 is 0 Å². The molecule has 1 fully saturated rings. The maximum atomic E-state index is 12.6. The average Bonchev–Trinajstić information content (AvgIpc) is 3.31. The lowest BCUT2D eigenvalue weighted by molar-refractivity contribution is 0.0933. The molecule has 8 nitrogen and oxygen atoms in total. The summed E-state index contributed by atoms with van der Waals surface area (Å²) in [6.45, 7) is 1.90. The number of rotatable bonds is 6. The number of nitrogens with zero attached hydrogens (tertiary/aromatic N) is 4. The number of ether oxygens (including phenoxy) is 2. The van der Waals surface area contributed by atoms with Crippen LogP contribution in [0.3, 0.4) is 0 Å². The van der Waals surface area contributed by atoms with Crippen LogP contribution < -0.4 is 14.8 Å². The lowest BCUT2D eigenvalue weighted by Gasteiger charge is -2.19. The van der Waals surface area contributed by atoms with Gasteiger partial charge in [0.15, 0.2) is 5.82 Å². The van der Waals surface area contributed by atoms with E-state index in [1.165, 1.54) is 27.1 Å². The van der Waals surface area contributed by atoms with Gasteiger partial charge in [0.2, 0.25) is 11.8 Å². The quantitative estimate of drug-likeness (QED) is 0.864. The fraction of sp³-hybridized carbons (Fsp3) is 0.529. The SMILES string of the molecule is COc1ccc(C(=O)N[C@@H](C)c2nncn2C2CCCC2)c(OC)n1. The smallest absolute Gasteiger partial charge is 0.257 e. The molecule has 25 heavy (non-hydrogen) atoms. The van der Waals surface area contributed by atoms with E-state index in [1.807, 2.05) is 6.92 Å². The Morgan fingerprint density at radius 2 is 2.04 bits per heavy atom. The lowest BCUT2D eigenvalue weighted by atomic mass is 10.2. The van der Waals surface area contributed by atoms with Crippen molar-refractivity contribution in [3.63, 3.8) is 0 Å². The van der Waals surface area contributed by atoms with Crippen LogP contribution in [0.15, 0.2) is 18.5 Å². The van der Waals surface area contributed by atoms with Gasteiger partial charge in [0.25, 0.3) is 5.91 Å². The topological polar surface area (TPSA) is 91.2 Å². The standard InChI is InChI=1S/C17H23N5O3/c1-11(15-21-18-10-22(15)12-6-4-5-7-12)19-16(23)13-8-9-14(24-2)20-17(13)25-3/h8-12H,4-7H2,1-3H3,(H,19,23)/t11-/m0/s1. The minimum atomic E-state index is -0.277. The molecule has 1 aliphatic rings. The van der Waals surface area contributed by atoms with Crippen LogP contribution in [0.25, 0.3) is 0 Å². The van der Waals surface area contributed by atoms with Gasteiger partial charge >= 0.3 is 0 Å². The molecule has 1 atom stereocenters. The van der Waals surface area contributed by atoms with Crippen molar-refractivity contribution in [3.05, 3.63) is 29.8 Å². The monoisotopic (exact) mass is 345 g/mol. The maximum Gasteiger partial charge on any atom is 0.257 e. The summed E-state index contributed by atoms with van der Waals surface area (Å²) < 4.78 is 12.3. The van der Waals surface area contributed by atoms with Crippen LogP contribution in [-0.2, 0) is 0 Å². The van der Waals surface area contributed by atoms with E-state index in [9.17, 15) is 4.79 Å². The minimum Gasteiger partial charge on any atom is -0.481 e. The van der Waals surface area contributed by atoms with Crippen LogP contribution in [0.5, 0.6) is 11.8 Å². The minimum absolute atomic E-state index is 0.223. The number of aromatic nitrogens is 4. The Morgan fingerprint density at radius 1 is 1.28 bits per heavy atom. The first-order chi connectivity index (χ1) is 12.1. The van der Waals surface area contributed by atoms with Gasteiger partial charge in [0, 0.05) is 12.1 Å². The number of nitrogens with one attached hydrogen (secondary N) is 1. The fourth-order valence-electron chi connectivity index (χ4n) is 3.23. The molecule has 1 aliphatic carbocycles. The third-order valence-electron chi connectivity index (χ3n) is 4.54. The van der Waals surface area contributed by atoms with Gasteiger partial charge in [-0.3, -0.25) is 4.79 Å². The van der Waals surface area contributed by atoms with E-state index in [4.69, 9.17) is 9.47 Å². The average molecular weight is 345 g/mol. The molecule has 0 aromatic carbocycles. The highest BCUT2D eigenvalue weighted by molar-refractivity contribution is 5.96. The Kier molecular flexibility index (Phi) is 5.16. The second-order valence-electron chi connectivity index (χ2n) is 6.14. The van der Waals surface area contributed by atoms with Crippen LogP contribution >= 0.6 is 0 Å². The molecular weight excluding hydrogens is 322 g/mol. The van der Waals surface area contributed by atoms with Crippen molar-refractivity contribution in [2.24, 2.45) is 0 Å². The lowest BCUT2D eigenvalue weighted by Crippen LogP contribution is -2.29. The zero-order chi connectivity index (χ0) is 17.8. The Hall–Kier alpha value is -2.64. The number of carbonyl (C=O) groups is 1. The molecule has 0 aliphatic heterocycles. The maximum absolute atomic E-state index is 12.6. The number of carbonyl (C=O) groups excluding carboxylic acids is 1. The highest BCUT2D eigenvalue weighted by Gasteiger charge is 2.24. The van der Waals surface area contributed by atoms with Crippen LogP contribution in [0.4, 0.5) is 0 Å². The van der Waals surface area contributed by atoms with Crippen LogP contribution in [-0.4, -0.2) is 39.9 Å². The Bertz CT molecular complexity index is 740. The molecule has 0 radical (unpaired) electrons. The molecule has 0 spiro atoms. The molecule has 3 rings (SSSR count). The normalized spacial score (nSPS) is 15.8. The molecule has 1 amide bonds. The first-order valence-corrected chi connectivity index (χ1v) is 8.43. The van der Waals surface area contributed by atoms with E-state index in [1.54, 1.807) is 18.5 Å². The van der Waals surface area contributed by atoms with Gasteiger partial charge in [-0.05, 0) is 25.8 Å². The van der Waals surface area contributed by atoms with Crippen molar-refractivity contribution < 1.29 is 14.3 Å². The predicted molar refractivity (Wildman–Crippen MR) is 90.7 cm³/mol. The van der Waals surface area contributed by atoms with Crippen LogP contribution in [0.2, 0.25) is 0 Å². The molecule has 2 aromatic heterocycles. The van der Waals surface area contributed by atoms with E-state index < -0.39 is 0 Å². The predicted octanol–water partition coefficient (Wildman–Crippen LogP) is 2.30. The van der Waals surface area contributed by atoms with E-state index in [0.29, 0.717) is 17.5 Å². The summed E-state index contributed by atoms with van der Waals surface area (Å²) in [6, 6.07) is 3.40. The molecule has 0 saturated heterocycles. The molecule has 1 N–H and O–H groups in total. The zero-order valence-electron chi connectivity index (χ0n) is 14.7. The number of methoxy groups -OCH3 is 2. The molecule has 1 saturated carbocycles. The van der Waals surface area contributed by atoms with Crippen molar-refractivity contribution in [1.29, 1.82) is 0 Å². The van der Waals surface area contributed by atoms with E-state index in [0.717, 1.165) is 18.7 Å². The van der Waals surface area contributed by atoms with Crippen LogP contribution in [0, 0.1) is 0 Å². The summed E-state index contributed by atoms with van der Waals surface area (Å²) in [4.78, 5) is 16.8. The van der Waals surface area contributed by atoms with Crippen molar-refractivity contribution >= 4 is 5.91 Å².